The number of rotatable bonds is 2. The first kappa shape index (κ1) is 12.0. The summed E-state index contributed by atoms with van der Waals surface area (Å²) in [7, 11) is 0. The first-order chi connectivity index (χ1) is 7.82. The quantitative estimate of drug-likeness (QED) is 0.858. The van der Waals surface area contributed by atoms with Gasteiger partial charge < -0.3 is 5.11 Å². The van der Waals surface area contributed by atoms with Gasteiger partial charge in [0.2, 0.25) is 5.92 Å². The van der Waals surface area contributed by atoms with Gasteiger partial charge in [-0.3, -0.25) is 0 Å². The van der Waals surface area contributed by atoms with Crippen molar-refractivity contribution in [3.8, 4) is 0 Å². The number of carboxylic acids is 1. The molecule has 0 amide bonds. The van der Waals surface area contributed by atoms with Crippen molar-refractivity contribution < 1.29 is 18.7 Å². The number of carboxylic acid groups (broad SMARTS) is 1. The van der Waals surface area contributed by atoms with E-state index in [1.54, 1.807) is 19.9 Å². The molecule has 0 spiro atoms. The Balaban J connectivity index is 2.33. The third kappa shape index (κ3) is 2.04. The summed E-state index contributed by atoms with van der Waals surface area (Å²) in [5.41, 5.74) is 2.60. The molecule has 0 saturated heterocycles. The zero-order chi connectivity index (χ0) is 12.8. The van der Waals surface area contributed by atoms with Gasteiger partial charge in [-0.2, -0.15) is 0 Å². The molecular formula is C13H14F2O2. The van der Waals surface area contributed by atoms with Gasteiger partial charge in [-0.1, -0.05) is 6.07 Å². The lowest BCUT2D eigenvalue weighted by Gasteiger charge is -2.36. The highest BCUT2D eigenvalue weighted by molar-refractivity contribution is 5.89. The number of aromatic carboxylic acids is 1. The lowest BCUT2D eigenvalue weighted by Crippen LogP contribution is -2.34. The van der Waals surface area contributed by atoms with Crippen molar-refractivity contribution in [3.05, 3.63) is 34.4 Å². The average Bonchev–Trinajstić information content (AvgIpc) is 2.18. The Kier molecular flexibility index (Phi) is 2.68. The van der Waals surface area contributed by atoms with Crippen LogP contribution >= 0.6 is 0 Å². The van der Waals surface area contributed by atoms with Crippen LogP contribution in [0, 0.1) is 13.8 Å². The van der Waals surface area contributed by atoms with Crippen LogP contribution in [0.25, 0.3) is 0 Å². The topological polar surface area (TPSA) is 37.3 Å². The second-order valence-electron chi connectivity index (χ2n) is 4.72. The second kappa shape index (κ2) is 3.79. The maximum atomic E-state index is 12.8. The van der Waals surface area contributed by atoms with Crippen LogP contribution in [0.1, 0.15) is 45.8 Å². The van der Waals surface area contributed by atoms with Crippen molar-refractivity contribution in [3.63, 3.8) is 0 Å². The van der Waals surface area contributed by atoms with Crippen molar-refractivity contribution >= 4 is 5.97 Å². The van der Waals surface area contributed by atoms with Crippen LogP contribution in [0.2, 0.25) is 0 Å². The molecule has 1 saturated carbocycles. The minimum absolute atomic E-state index is 0.125. The van der Waals surface area contributed by atoms with Gasteiger partial charge in [0, 0.05) is 12.8 Å². The number of halogens is 2. The van der Waals surface area contributed by atoms with Crippen LogP contribution in [0.4, 0.5) is 8.78 Å². The second-order valence-corrected chi connectivity index (χ2v) is 4.72. The fraction of sp³-hybridized carbons (Fsp3) is 0.462. The highest BCUT2D eigenvalue weighted by Crippen LogP contribution is 2.49. The Hall–Kier alpha value is -1.45. The summed E-state index contributed by atoms with van der Waals surface area (Å²) in [6, 6.07) is 3.18. The van der Waals surface area contributed by atoms with Gasteiger partial charge in [0.1, 0.15) is 0 Å². The molecule has 1 aromatic rings. The van der Waals surface area contributed by atoms with E-state index in [9.17, 15) is 13.6 Å². The van der Waals surface area contributed by atoms with E-state index in [2.05, 4.69) is 0 Å². The minimum atomic E-state index is -2.55. The minimum Gasteiger partial charge on any atom is -0.478 e. The molecule has 0 atom stereocenters. The molecule has 1 N–H and O–H groups in total. The SMILES string of the molecule is Cc1c(C(=O)O)ccc(C2CC(F)(F)C2)c1C. The van der Waals surface area contributed by atoms with E-state index in [-0.39, 0.29) is 24.3 Å². The third-order valence-electron chi connectivity index (χ3n) is 3.59. The molecule has 2 rings (SSSR count). The first-order valence-corrected chi connectivity index (χ1v) is 5.53. The zero-order valence-electron chi connectivity index (χ0n) is 9.76. The zero-order valence-corrected chi connectivity index (χ0v) is 9.76. The average molecular weight is 240 g/mol. The molecule has 4 heteroatoms. The smallest absolute Gasteiger partial charge is 0.335 e. The van der Waals surface area contributed by atoms with E-state index >= 15 is 0 Å². The van der Waals surface area contributed by atoms with Crippen molar-refractivity contribution in [2.45, 2.75) is 38.5 Å². The van der Waals surface area contributed by atoms with Gasteiger partial charge in [-0.05, 0) is 42.5 Å². The Labute approximate surface area is 98.3 Å². The number of alkyl halides is 2. The lowest BCUT2D eigenvalue weighted by molar-refractivity contribution is -0.0868. The number of benzene rings is 1. The maximum absolute atomic E-state index is 12.8. The lowest BCUT2D eigenvalue weighted by atomic mass is 9.74. The summed E-state index contributed by atoms with van der Waals surface area (Å²) in [5.74, 6) is -3.65. The molecule has 0 aromatic heterocycles. The highest BCUT2D eigenvalue weighted by Gasteiger charge is 2.46. The maximum Gasteiger partial charge on any atom is 0.335 e. The van der Waals surface area contributed by atoms with Crippen molar-refractivity contribution in [1.82, 2.24) is 0 Å². The van der Waals surface area contributed by atoms with Crippen LogP contribution in [-0.2, 0) is 0 Å². The molecule has 2 nitrogen and oxygen atoms in total. The molecule has 0 radical (unpaired) electrons. The van der Waals surface area contributed by atoms with Crippen molar-refractivity contribution in [2.75, 3.05) is 0 Å². The molecule has 1 aliphatic rings. The molecule has 1 fully saturated rings. The molecule has 0 bridgehead atoms. The fourth-order valence-corrected chi connectivity index (χ4v) is 2.40. The molecular weight excluding hydrogens is 226 g/mol. The molecule has 92 valence electrons. The molecule has 0 heterocycles. The van der Waals surface area contributed by atoms with E-state index in [0.29, 0.717) is 5.56 Å². The molecule has 17 heavy (non-hydrogen) atoms. The van der Waals surface area contributed by atoms with Gasteiger partial charge in [-0.15, -0.1) is 0 Å². The van der Waals surface area contributed by atoms with Gasteiger partial charge >= 0.3 is 5.97 Å². The highest BCUT2D eigenvalue weighted by atomic mass is 19.3. The number of carbonyl (C=O) groups is 1. The van der Waals surface area contributed by atoms with E-state index in [1.165, 1.54) is 6.07 Å². The molecule has 1 aliphatic carbocycles. The summed E-state index contributed by atoms with van der Waals surface area (Å²) in [6.45, 7) is 3.52. The van der Waals surface area contributed by atoms with E-state index in [1.807, 2.05) is 0 Å². The van der Waals surface area contributed by atoms with E-state index in [4.69, 9.17) is 5.11 Å². The predicted octanol–water partition coefficient (Wildman–Crippen LogP) is 3.51. The molecule has 0 unspecified atom stereocenters. The monoisotopic (exact) mass is 240 g/mol. The Bertz CT molecular complexity index is 473. The molecule has 0 aliphatic heterocycles. The predicted molar refractivity (Wildman–Crippen MR) is 59.8 cm³/mol. The standard InChI is InChI=1S/C13H14F2O2/c1-7-8(2)11(12(16)17)4-3-10(7)9-5-13(14,15)6-9/h3-4,9H,5-6H2,1-2H3,(H,16,17). The largest absolute Gasteiger partial charge is 0.478 e. The third-order valence-corrected chi connectivity index (χ3v) is 3.59. The van der Waals surface area contributed by atoms with Gasteiger partial charge in [-0.25, -0.2) is 13.6 Å². The van der Waals surface area contributed by atoms with Crippen LogP contribution in [-0.4, -0.2) is 17.0 Å². The molecule has 1 aromatic carbocycles. The normalized spacial score (nSPS) is 18.8. The van der Waals surface area contributed by atoms with Gasteiger partial charge in [0.15, 0.2) is 0 Å². The summed E-state index contributed by atoms with van der Waals surface area (Å²) in [5, 5.41) is 8.95. The first-order valence-electron chi connectivity index (χ1n) is 5.53. The fourth-order valence-electron chi connectivity index (χ4n) is 2.40. The Morgan fingerprint density at radius 2 is 1.88 bits per heavy atom. The van der Waals surface area contributed by atoms with E-state index in [0.717, 1.165) is 11.1 Å². The summed E-state index contributed by atoms with van der Waals surface area (Å²) in [6.07, 6.45) is -0.251. The summed E-state index contributed by atoms with van der Waals surface area (Å²) >= 11 is 0. The van der Waals surface area contributed by atoms with Crippen molar-refractivity contribution in [2.24, 2.45) is 0 Å². The van der Waals surface area contributed by atoms with Crippen LogP contribution in [0.3, 0.4) is 0 Å². The van der Waals surface area contributed by atoms with Crippen molar-refractivity contribution in [1.29, 1.82) is 0 Å². The number of hydrogen-bond donors (Lipinski definition) is 1. The van der Waals surface area contributed by atoms with Gasteiger partial charge in [0.05, 0.1) is 5.56 Å². The van der Waals surface area contributed by atoms with E-state index < -0.39 is 11.9 Å². The summed E-state index contributed by atoms with van der Waals surface area (Å²) < 4.78 is 25.6. The van der Waals surface area contributed by atoms with Crippen LogP contribution in [0.5, 0.6) is 0 Å². The van der Waals surface area contributed by atoms with Crippen LogP contribution < -0.4 is 0 Å². The Morgan fingerprint density at radius 1 is 1.29 bits per heavy atom. The number of hydrogen-bond acceptors (Lipinski definition) is 1. The summed E-state index contributed by atoms with van der Waals surface area (Å²) in [4.78, 5) is 10.9. The Morgan fingerprint density at radius 3 is 2.35 bits per heavy atom. The van der Waals surface area contributed by atoms with Gasteiger partial charge in [0.25, 0.3) is 0 Å². The van der Waals surface area contributed by atoms with Crippen LogP contribution in [0.15, 0.2) is 12.1 Å².